The van der Waals surface area contributed by atoms with Crippen LogP contribution in [0.3, 0.4) is 0 Å². The van der Waals surface area contributed by atoms with E-state index in [1.807, 2.05) is 0 Å². The molecule has 0 bridgehead atoms. The Morgan fingerprint density at radius 1 is 1.12 bits per heavy atom. The maximum absolute atomic E-state index is 12.5. The standard InChI is InChI=1S/C32H37N7O3/c1-3-30(40)39-16-15-38(19-24(39)11-13-33)31-27-12-14-37(29-10-6-8-23-7-4-5-9-26(23)29)21-28(27)34-32(35-31)42-22-25-20-36(2)17-18-41-25/h3-10,24-25H,1,11-12,14-22H2,2H3. The third-order valence-electron chi connectivity index (χ3n) is 8.44. The lowest BCUT2D eigenvalue weighted by molar-refractivity contribution is -0.128. The van der Waals surface area contributed by atoms with Crippen molar-refractivity contribution in [2.24, 2.45) is 0 Å². The molecule has 4 heterocycles. The number of benzene rings is 2. The van der Waals surface area contributed by atoms with Crippen molar-refractivity contribution in [2.75, 3.05) is 69.3 Å². The fourth-order valence-electron chi connectivity index (χ4n) is 6.27. The molecule has 3 aromatic rings. The molecule has 1 amide bonds. The SMILES string of the molecule is C=CC(=O)N1CCN(c2nc(OCC3CN(C)CCO3)nc3c2CCN(c2cccc4ccccc24)C3)CC1CC#N. The molecule has 218 valence electrons. The normalized spacial score (nSPS) is 21.1. The van der Waals surface area contributed by atoms with Crippen molar-refractivity contribution in [1.82, 2.24) is 19.8 Å². The van der Waals surface area contributed by atoms with Gasteiger partial charge in [0.2, 0.25) is 5.91 Å². The number of piperazine rings is 1. The zero-order valence-electron chi connectivity index (χ0n) is 24.1. The number of carbonyl (C=O) groups is 1. The average molecular weight is 568 g/mol. The molecule has 10 nitrogen and oxygen atoms in total. The fourth-order valence-corrected chi connectivity index (χ4v) is 6.27. The summed E-state index contributed by atoms with van der Waals surface area (Å²) >= 11 is 0. The van der Waals surface area contributed by atoms with Crippen molar-refractivity contribution < 1.29 is 14.3 Å². The molecule has 3 aliphatic rings. The van der Waals surface area contributed by atoms with Gasteiger partial charge in [-0.15, -0.1) is 0 Å². The van der Waals surface area contributed by atoms with Gasteiger partial charge in [0.25, 0.3) is 0 Å². The van der Waals surface area contributed by atoms with E-state index in [0.29, 0.717) is 45.4 Å². The van der Waals surface area contributed by atoms with Crippen molar-refractivity contribution in [3.05, 3.63) is 66.4 Å². The van der Waals surface area contributed by atoms with Crippen LogP contribution in [0, 0.1) is 11.3 Å². The van der Waals surface area contributed by atoms with Crippen LogP contribution in [0.15, 0.2) is 55.1 Å². The highest BCUT2D eigenvalue weighted by atomic mass is 16.5. The number of carbonyl (C=O) groups excluding carboxylic acids is 1. The molecule has 2 atom stereocenters. The van der Waals surface area contributed by atoms with E-state index in [9.17, 15) is 10.1 Å². The second kappa shape index (κ2) is 12.3. The Morgan fingerprint density at radius 2 is 1.98 bits per heavy atom. The van der Waals surface area contributed by atoms with Crippen molar-refractivity contribution in [2.45, 2.75) is 31.5 Å². The highest BCUT2D eigenvalue weighted by Gasteiger charge is 2.33. The predicted molar refractivity (Wildman–Crippen MR) is 162 cm³/mol. The number of likely N-dealkylation sites (N-methyl/N-ethyl adjacent to an activating group) is 1. The Morgan fingerprint density at radius 3 is 2.81 bits per heavy atom. The van der Waals surface area contributed by atoms with E-state index in [4.69, 9.17) is 19.4 Å². The first-order valence-electron chi connectivity index (χ1n) is 14.6. The number of amides is 1. The number of morpholine rings is 1. The van der Waals surface area contributed by atoms with Crippen LogP contribution in [0.25, 0.3) is 10.8 Å². The summed E-state index contributed by atoms with van der Waals surface area (Å²) in [6.07, 6.45) is 2.30. The lowest BCUT2D eigenvalue weighted by Gasteiger charge is -2.42. The van der Waals surface area contributed by atoms with Gasteiger partial charge in [-0.3, -0.25) is 4.79 Å². The van der Waals surface area contributed by atoms with Gasteiger partial charge < -0.3 is 29.1 Å². The third kappa shape index (κ3) is 5.75. The molecule has 2 saturated heterocycles. The molecule has 0 radical (unpaired) electrons. The molecular weight excluding hydrogens is 530 g/mol. The molecule has 6 rings (SSSR count). The monoisotopic (exact) mass is 567 g/mol. The van der Waals surface area contributed by atoms with Crippen LogP contribution in [0.2, 0.25) is 0 Å². The van der Waals surface area contributed by atoms with Gasteiger partial charge in [0.15, 0.2) is 0 Å². The van der Waals surface area contributed by atoms with Crippen LogP contribution < -0.4 is 14.5 Å². The Bertz CT molecular complexity index is 1500. The molecule has 0 N–H and O–H groups in total. The number of nitrogens with zero attached hydrogens (tertiary/aromatic N) is 7. The summed E-state index contributed by atoms with van der Waals surface area (Å²) in [6.45, 7) is 9.47. The highest BCUT2D eigenvalue weighted by Crippen LogP contribution is 2.35. The van der Waals surface area contributed by atoms with Crippen molar-refractivity contribution in [3.8, 4) is 12.1 Å². The molecule has 10 heteroatoms. The van der Waals surface area contributed by atoms with E-state index < -0.39 is 0 Å². The lowest BCUT2D eigenvalue weighted by atomic mass is 10.0. The zero-order chi connectivity index (χ0) is 29.1. The van der Waals surface area contributed by atoms with Gasteiger partial charge in [0.05, 0.1) is 37.4 Å². The molecular formula is C32H37N7O3. The van der Waals surface area contributed by atoms with E-state index >= 15 is 0 Å². The first-order valence-corrected chi connectivity index (χ1v) is 14.6. The van der Waals surface area contributed by atoms with Crippen LogP contribution in [-0.4, -0.2) is 97.4 Å². The molecule has 2 fully saturated rings. The number of hydrogen-bond donors (Lipinski definition) is 0. The molecule has 0 aliphatic carbocycles. The number of ether oxygens (including phenoxy) is 2. The quantitative estimate of drug-likeness (QED) is 0.399. The smallest absolute Gasteiger partial charge is 0.318 e. The van der Waals surface area contributed by atoms with Crippen molar-refractivity contribution in [1.29, 1.82) is 5.26 Å². The van der Waals surface area contributed by atoms with E-state index in [2.05, 4.69) is 76.9 Å². The summed E-state index contributed by atoms with van der Waals surface area (Å²) in [7, 11) is 2.08. The lowest BCUT2D eigenvalue weighted by Crippen LogP contribution is -2.55. The number of fused-ring (bicyclic) bond motifs is 2. The Labute approximate surface area is 246 Å². The van der Waals surface area contributed by atoms with Crippen molar-refractivity contribution in [3.63, 3.8) is 0 Å². The predicted octanol–water partition coefficient (Wildman–Crippen LogP) is 3.02. The van der Waals surface area contributed by atoms with Crippen molar-refractivity contribution >= 4 is 28.2 Å². The van der Waals surface area contributed by atoms with E-state index in [-0.39, 0.29) is 24.5 Å². The number of rotatable bonds is 7. The minimum absolute atomic E-state index is 0.0486. The number of nitriles is 1. The molecule has 0 spiro atoms. The Kier molecular flexibility index (Phi) is 8.22. The zero-order valence-corrected chi connectivity index (χ0v) is 24.1. The summed E-state index contributed by atoms with van der Waals surface area (Å²) < 4.78 is 12.1. The second-order valence-electron chi connectivity index (χ2n) is 11.2. The van der Waals surface area contributed by atoms with Crippen LogP contribution in [-0.2, 0) is 22.5 Å². The van der Waals surface area contributed by atoms with Gasteiger partial charge >= 0.3 is 6.01 Å². The van der Waals surface area contributed by atoms with Gasteiger partial charge in [0.1, 0.15) is 18.5 Å². The highest BCUT2D eigenvalue weighted by molar-refractivity contribution is 5.94. The average Bonchev–Trinajstić information content (AvgIpc) is 3.02. The summed E-state index contributed by atoms with van der Waals surface area (Å²) in [5.74, 6) is 0.690. The minimum atomic E-state index is -0.244. The largest absolute Gasteiger partial charge is 0.461 e. The van der Waals surface area contributed by atoms with E-state index in [0.717, 1.165) is 43.1 Å². The molecule has 0 saturated carbocycles. The summed E-state index contributed by atoms with van der Waals surface area (Å²) in [5, 5.41) is 11.9. The van der Waals surface area contributed by atoms with Gasteiger partial charge in [-0.2, -0.15) is 15.2 Å². The maximum atomic E-state index is 12.5. The van der Waals surface area contributed by atoms with Gasteiger partial charge in [-0.1, -0.05) is 43.0 Å². The number of hydrogen-bond acceptors (Lipinski definition) is 9. The fraction of sp³-hybridized carbons (Fsp3) is 0.438. The summed E-state index contributed by atoms with van der Waals surface area (Å²) in [6, 6.07) is 17.2. The topological polar surface area (TPSA) is 98.1 Å². The van der Waals surface area contributed by atoms with Crippen LogP contribution in [0.5, 0.6) is 6.01 Å². The summed E-state index contributed by atoms with van der Waals surface area (Å²) in [5.41, 5.74) is 3.23. The second-order valence-corrected chi connectivity index (χ2v) is 11.2. The third-order valence-corrected chi connectivity index (χ3v) is 8.44. The molecule has 3 aliphatic heterocycles. The number of anilines is 2. The van der Waals surface area contributed by atoms with Gasteiger partial charge in [-0.05, 0) is 31.0 Å². The van der Waals surface area contributed by atoms with E-state index in [1.165, 1.54) is 22.5 Å². The van der Waals surface area contributed by atoms with Gasteiger partial charge in [-0.25, -0.2) is 0 Å². The van der Waals surface area contributed by atoms with Crippen LogP contribution in [0.4, 0.5) is 11.5 Å². The number of aromatic nitrogens is 2. The Hall–Kier alpha value is -4.20. The minimum Gasteiger partial charge on any atom is -0.461 e. The van der Waals surface area contributed by atoms with E-state index in [1.54, 1.807) is 4.90 Å². The Balaban J connectivity index is 1.31. The van der Waals surface area contributed by atoms with Crippen LogP contribution >= 0.6 is 0 Å². The van der Waals surface area contributed by atoms with Crippen LogP contribution in [0.1, 0.15) is 17.7 Å². The molecule has 2 aromatic carbocycles. The molecule has 1 aromatic heterocycles. The molecule has 42 heavy (non-hydrogen) atoms. The van der Waals surface area contributed by atoms with Gasteiger partial charge in [0, 0.05) is 55.9 Å². The summed E-state index contributed by atoms with van der Waals surface area (Å²) in [4.78, 5) is 31.0. The first-order chi connectivity index (χ1) is 20.5. The maximum Gasteiger partial charge on any atom is 0.318 e. The molecule has 2 unspecified atom stereocenters. The first kappa shape index (κ1) is 27.9.